The third-order valence-corrected chi connectivity index (χ3v) is 3.75. The van der Waals surface area contributed by atoms with Gasteiger partial charge < -0.3 is 10.0 Å². The van der Waals surface area contributed by atoms with E-state index in [1.54, 1.807) is 0 Å². The van der Waals surface area contributed by atoms with E-state index in [1.807, 2.05) is 6.92 Å². The van der Waals surface area contributed by atoms with Gasteiger partial charge in [0, 0.05) is 25.7 Å². The molecule has 0 aromatic heterocycles. The second kappa shape index (κ2) is 7.41. The van der Waals surface area contributed by atoms with Crippen LogP contribution in [0.25, 0.3) is 0 Å². The maximum atomic E-state index is 11.6. The normalized spacial score (nSPS) is 18.8. The molecule has 0 bridgehead atoms. The van der Waals surface area contributed by atoms with E-state index in [0.717, 1.165) is 32.5 Å². The first kappa shape index (κ1) is 17.4. The van der Waals surface area contributed by atoms with Gasteiger partial charge in [-0.1, -0.05) is 27.7 Å². The highest BCUT2D eigenvalue weighted by atomic mass is 16.4. The Hall–Kier alpha value is -0.610. The Bertz CT molecular complexity index is 304. The molecule has 0 aromatic rings. The average molecular weight is 284 g/mol. The molecule has 1 fully saturated rings. The Morgan fingerprint density at radius 1 is 1.25 bits per heavy atom. The summed E-state index contributed by atoms with van der Waals surface area (Å²) >= 11 is 0. The van der Waals surface area contributed by atoms with Crippen molar-refractivity contribution in [1.82, 2.24) is 10.2 Å². The summed E-state index contributed by atoms with van der Waals surface area (Å²) in [5.41, 5.74) is -0.784. The molecule has 2 N–H and O–H groups in total. The lowest BCUT2D eigenvalue weighted by atomic mass is 9.96. The predicted molar refractivity (Wildman–Crippen MR) is 82.9 cm³/mol. The summed E-state index contributed by atoms with van der Waals surface area (Å²) in [7, 11) is 0. The Morgan fingerprint density at radius 3 is 2.10 bits per heavy atom. The van der Waals surface area contributed by atoms with E-state index in [4.69, 9.17) is 0 Å². The zero-order valence-electron chi connectivity index (χ0n) is 13.8. The van der Waals surface area contributed by atoms with Crippen molar-refractivity contribution in [3.8, 4) is 0 Å². The lowest BCUT2D eigenvalue weighted by Gasteiger charge is -2.32. The van der Waals surface area contributed by atoms with Crippen LogP contribution in [0.5, 0.6) is 0 Å². The minimum absolute atomic E-state index is 0.416. The van der Waals surface area contributed by atoms with Crippen molar-refractivity contribution in [2.45, 2.75) is 65.5 Å². The van der Waals surface area contributed by atoms with Crippen LogP contribution in [0.2, 0.25) is 0 Å². The van der Waals surface area contributed by atoms with Gasteiger partial charge in [0.1, 0.15) is 5.54 Å². The van der Waals surface area contributed by atoms with Crippen LogP contribution in [-0.2, 0) is 4.79 Å². The fourth-order valence-corrected chi connectivity index (χ4v) is 2.59. The van der Waals surface area contributed by atoms with E-state index >= 15 is 0 Å². The van der Waals surface area contributed by atoms with E-state index in [2.05, 4.69) is 37.9 Å². The smallest absolute Gasteiger partial charge is 0.323 e. The molecule has 4 nitrogen and oxygen atoms in total. The first-order valence-electron chi connectivity index (χ1n) is 7.96. The number of carboxylic acids is 1. The van der Waals surface area contributed by atoms with Crippen molar-refractivity contribution >= 4 is 5.97 Å². The van der Waals surface area contributed by atoms with Gasteiger partial charge in [-0.05, 0) is 38.0 Å². The quantitative estimate of drug-likeness (QED) is 0.647. The van der Waals surface area contributed by atoms with Crippen LogP contribution in [0.4, 0.5) is 0 Å². The van der Waals surface area contributed by atoms with Gasteiger partial charge in [-0.25, -0.2) is 0 Å². The van der Waals surface area contributed by atoms with Crippen molar-refractivity contribution in [2.24, 2.45) is 11.8 Å². The monoisotopic (exact) mass is 284 g/mol. The van der Waals surface area contributed by atoms with Gasteiger partial charge in [0.15, 0.2) is 0 Å². The van der Waals surface area contributed by atoms with Crippen LogP contribution >= 0.6 is 0 Å². The van der Waals surface area contributed by atoms with Crippen LogP contribution in [-0.4, -0.2) is 47.2 Å². The standard InChI is InChI=1S/C16H32N2O2/c1-12(2)10-18(11-13(3)4)9-8-16(5,15(19)20)17-14-6-7-14/h12-14,17H,6-11H2,1-5H3,(H,19,20). The van der Waals surface area contributed by atoms with Gasteiger partial charge in [-0.15, -0.1) is 0 Å². The number of nitrogens with zero attached hydrogens (tertiary/aromatic N) is 1. The molecular formula is C16H32N2O2. The van der Waals surface area contributed by atoms with Crippen LogP contribution in [0.15, 0.2) is 0 Å². The Kier molecular flexibility index (Phi) is 6.46. The molecule has 0 radical (unpaired) electrons. The molecule has 0 amide bonds. The summed E-state index contributed by atoms with van der Waals surface area (Å²) in [5.74, 6) is 0.501. The SMILES string of the molecule is CC(C)CN(CCC(C)(NC1CC1)C(=O)O)CC(C)C. The molecule has 0 saturated heterocycles. The van der Waals surface area contributed by atoms with Gasteiger partial charge in [-0.3, -0.25) is 10.1 Å². The van der Waals surface area contributed by atoms with E-state index < -0.39 is 11.5 Å². The third-order valence-electron chi connectivity index (χ3n) is 3.75. The van der Waals surface area contributed by atoms with Gasteiger partial charge in [-0.2, -0.15) is 0 Å². The topological polar surface area (TPSA) is 52.6 Å². The van der Waals surface area contributed by atoms with Crippen LogP contribution in [0.3, 0.4) is 0 Å². The zero-order chi connectivity index (χ0) is 15.3. The Balaban J connectivity index is 2.54. The molecule has 20 heavy (non-hydrogen) atoms. The van der Waals surface area contributed by atoms with E-state index in [0.29, 0.717) is 24.3 Å². The molecule has 1 atom stereocenters. The molecule has 0 aromatic carbocycles. The number of carboxylic acid groups (broad SMARTS) is 1. The first-order chi connectivity index (χ1) is 9.23. The molecule has 118 valence electrons. The van der Waals surface area contributed by atoms with Gasteiger partial charge in [0.2, 0.25) is 0 Å². The van der Waals surface area contributed by atoms with E-state index in [-0.39, 0.29) is 0 Å². The molecule has 0 heterocycles. The fourth-order valence-electron chi connectivity index (χ4n) is 2.59. The predicted octanol–water partition coefficient (Wildman–Crippen LogP) is 2.59. The van der Waals surface area contributed by atoms with E-state index in [1.165, 1.54) is 0 Å². The van der Waals surface area contributed by atoms with Gasteiger partial charge in [0.05, 0.1) is 0 Å². The molecule has 1 unspecified atom stereocenters. The van der Waals surface area contributed by atoms with Gasteiger partial charge >= 0.3 is 5.97 Å². The number of nitrogens with one attached hydrogen (secondary N) is 1. The zero-order valence-corrected chi connectivity index (χ0v) is 13.8. The molecule has 0 aliphatic heterocycles. The summed E-state index contributed by atoms with van der Waals surface area (Å²) in [5, 5.41) is 12.8. The molecular weight excluding hydrogens is 252 g/mol. The number of rotatable bonds is 10. The lowest BCUT2D eigenvalue weighted by Crippen LogP contribution is -2.52. The van der Waals surface area contributed by atoms with Crippen LogP contribution < -0.4 is 5.32 Å². The Morgan fingerprint density at radius 2 is 1.75 bits per heavy atom. The van der Waals surface area contributed by atoms with Crippen molar-refractivity contribution in [3.63, 3.8) is 0 Å². The third kappa shape index (κ3) is 6.23. The van der Waals surface area contributed by atoms with Crippen molar-refractivity contribution in [2.75, 3.05) is 19.6 Å². The van der Waals surface area contributed by atoms with E-state index in [9.17, 15) is 9.90 Å². The summed E-state index contributed by atoms with van der Waals surface area (Å²) in [6.45, 7) is 13.6. The molecule has 1 aliphatic carbocycles. The molecule has 4 heteroatoms. The van der Waals surface area contributed by atoms with Crippen molar-refractivity contribution in [3.05, 3.63) is 0 Å². The highest BCUT2D eigenvalue weighted by Crippen LogP contribution is 2.24. The summed E-state index contributed by atoms with van der Waals surface area (Å²) in [6, 6.07) is 0.416. The maximum absolute atomic E-state index is 11.6. The minimum Gasteiger partial charge on any atom is -0.480 e. The largest absolute Gasteiger partial charge is 0.480 e. The lowest BCUT2D eigenvalue weighted by molar-refractivity contribution is -0.144. The molecule has 1 saturated carbocycles. The van der Waals surface area contributed by atoms with Gasteiger partial charge in [0.25, 0.3) is 0 Å². The number of carbonyl (C=O) groups is 1. The van der Waals surface area contributed by atoms with Crippen molar-refractivity contribution in [1.29, 1.82) is 0 Å². The second-order valence-electron chi connectivity index (χ2n) is 7.35. The molecule has 1 aliphatic rings. The highest BCUT2D eigenvalue weighted by molar-refractivity contribution is 5.78. The number of hydrogen-bond donors (Lipinski definition) is 2. The summed E-state index contributed by atoms with van der Waals surface area (Å²) in [4.78, 5) is 14.0. The van der Waals surface area contributed by atoms with Crippen LogP contribution in [0, 0.1) is 11.8 Å². The number of aliphatic carboxylic acids is 1. The van der Waals surface area contributed by atoms with Crippen molar-refractivity contribution < 1.29 is 9.90 Å². The molecule has 1 rings (SSSR count). The average Bonchev–Trinajstić information content (AvgIpc) is 3.08. The fraction of sp³-hybridized carbons (Fsp3) is 0.938. The van der Waals surface area contributed by atoms with Crippen LogP contribution in [0.1, 0.15) is 53.9 Å². The number of hydrogen-bond acceptors (Lipinski definition) is 3. The minimum atomic E-state index is -0.784. The first-order valence-corrected chi connectivity index (χ1v) is 7.96. The molecule has 0 spiro atoms. The second-order valence-corrected chi connectivity index (χ2v) is 7.35. The summed E-state index contributed by atoms with van der Waals surface area (Å²) < 4.78 is 0. The summed E-state index contributed by atoms with van der Waals surface area (Å²) in [6.07, 6.45) is 2.90. The maximum Gasteiger partial charge on any atom is 0.323 e. The Labute approximate surface area is 123 Å². The highest BCUT2D eigenvalue weighted by Gasteiger charge is 2.38.